The maximum Gasteiger partial charge on any atom is 0.271 e. The third-order valence-electron chi connectivity index (χ3n) is 2.71. The van der Waals surface area contributed by atoms with Gasteiger partial charge in [0.15, 0.2) is 0 Å². The van der Waals surface area contributed by atoms with Gasteiger partial charge in [0.25, 0.3) is 5.91 Å². The first kappa shape index (κ1) is 14.3. The minimum atomic E-state index is -0.305. The number of hydrazone groups is 1. The average molecular weight is 333 g/mol. The zero-order chi connectivity index (χ0) is 14.5. The second kappa shape index (κ2) is 6.34. The number of hydrogen-bond acceptors (Lipinski definition) is 3. The maximum absolute atomic E-state index is 11.9. The highest BCUT2D eigenvalue weighted by Gasteiger charge is 2.06. The summed E-state index contributed by atoms with van der Waals surface area (Å²) in [6, 6.07) is 13.9. The number of hydrogen-bond donors (Lipinski definition) is 2. The number of rotatable bonds is 3. The third-order valence-corrected chi connectivity index (χ3v) is 3.20. The number of carbonyl (C=O) groups is 1. The number of phenolic OH excluding ortho intramolecular Hbond substituents is 1. The van der Waals surface area contributed by atoms with Gasteiger partial charge >= 0.3 is 0 Å². The summed E-state index contributed by atoms with van der Waals surface area (Å²) in [5.41, 5.74) is 4.10. The van der Waals surface area contributed by atoms with Crippen LogP contribution in [-0.2, 0) is 0 Å². The predicted molar refractivity (Wildman–Crippen MR) is 81.9 cm³/mol. The molecule has 2 N–H and O–H groups in total. The van der Waals surface area contributed by atoms with Crippen LogP contribution in [0, 0.1) is 0 Å². The summed E-state index contributed by atoms with van der Waals surface area (Å²) in [7, 11) is 0. The van der Waals surface area contributed by atoms with Crippen LogP contribution in [0.3, 0.4) is 0 Å². The van der Waals surface area contributed by atoms with Gasteiger partial charge in [-0.05, 0) is 37.3 Å². The molecule has 0 spiro atoms. The molecule has 0 saturated heterocycles. The van der Waals surface area contributed by atoms with Crippen LogP contribution in [0.1, 0.15) is 22.8 Å². The van der Waals surface area contributed by atoms with Gasteiger partial charge < -0.3 is 5.11 Å². The highest BCUT2D eigenvalue weighted by atomic mass is 79.9. The lowest BCUT2D eigenvalue weighted by Gasteiger charge is -2.05. The fourth-order valence-corrected chi connectivity index (χ4v) is 2.07. The first-order valence-electron chi connectivity index (χ1n) is 5.96. The van der Waals surface area contributed by atoms with Gasteiger partial charge in [0.2, 0.25) is 0 Å². The molecule has 0 unspecified atom stereocenters. The largest absolute Gasteiger partial charge is 0.507 e. The van der Waals surface area contributed by atoms with Crippen molar-refractivity contribution in [3.05, 3.63) is 64.1 Å². The van der Waals surface area contributed by atoms with E-state index in [1.54, 1.807) is 49.4 Å². The van der Waals surface area contributed by atoms with Gasteiger partial charge in [0.05, 0.1) is 5.71 Å². The van der Waals surface area contributed by atoms with Crippen molar-refractivity contribution in [3.8, 4) is 5.75 Å². The lowest BCUT2D eigenvalue weighted by molar-refractivity contribution is 0.0954. The molecular weight excluding hydrogens is 320 g/mol. The lowest BCUT2D eigenvalue weighted by Crippen LogP contribution is -2.19. The van der Waals surface area contributed by atoms with Crippen molar-refractivity contribution in [1.29, 1.82) is 0 Å². The zero-order valence-electron chi connectivity index (χ0n) is 10.8. The molecule has 5 heteroatoms. The van der Waals surface area contributed by atoms with E-state index in [4.69, 9.17) is 0 Å². The smallest absolute Gasteiger partial charge is 0.271 e. The molecule has 2 aromatic carbocycles. The molecule has 2 aromatic rings. The van der Waals surface area contributed by atoms with E-state index in [2.05, 4.69) is 26.5 Å². The van der Waals surface area contributed by atoms with Crippen molar-refractivity contribution in [2.24, 2.45) is 5.10 Å². The molecule has 1 amide bonds. The van der Waals surface area contributed by atoms with Gasteiger partial charge in [-0.3, -0.25) is 4.79 Å². The van der Waals surface area contributed by atoms with Crippen LogP contribution in [0.2, 0.25) is 0 Å². The Hall–Kier alpha value is -2.14. The summed E-state index contributed by atoms with van der Waals surface area (Å²) < 4.78 is 0.826. The van der Waals surface area contributed by atoms with E-state index in [-0.39, 0.29) is 11.7 Å². The molecule has 4 nitrogen and oxygen atoms in total. The van der Waals surface area contributed by atoms with E-state index in [9.17, 15) is 9.90 Å². The Balaban J connectivity index is 2.13. The van der Waals surface area contributed by atoms with Gasteiger partial charge in [-0.1, -0.05) is 34.1 Å². The molecule has 0 aliphatic heterocycles. The van der Waals surface area contributed by atoms with Gasteiger partial charge in [-0.25, -0.2) is 5.43 Å². The monoisotopic (exact) mass is 332 g/mol. The quantitative estimate of drug-likeness (QED) is 0.669. The Bertz CT molecular complexity index is 668. The fourth-order valence-electron chi connectivity index (χ4n) is 1.67. The van der Waals surface area contributed by atoms with Crippen LogP contribution in [0.25, 0.3) is 0 Å². The Morgan fingerprint density at radius 1 is 1.20 bits per heavy atom. The number of amides is 1. The summed E-state index contributed by atoms with van der Waals surface area (Å²) in [4.78, 5) is 11.9. The standard InChI is InChI=1S/C15H13BrN2O2/c1-10(13-7-2-3-8-14(13)19)17-18-15(20)11-5-4-6-12(16)9-11/h2-9,19H,1H3,(H,18,20). The molecule has 20 heavy (non-hydrogen) atoms. The zero-order valence-corrected chi connectivity index (χ0v) is 12.4. The topological polar surface area (TPSA) is 61.7 Å². The van der Waals surface area contributed by atoms with Crippen LogP contribution < -0.4 is 5.43 Å². The number of aromatic hydroxyl groups is 1. The predicted octanol–water partition coefficient (Wildman–Crippen LogP) is 3.31. The molecule has 0 aromatic heterocycles. The number of phenols is 1. The molecule has 0 bridgehead atoms. The minimum Gasteiger partial charge on any atom is -0.507 e. The highest BCUT2D eigenvalue weighted by molar-refractivity contribution is 9.10. The van der Waals surface area contributed by atoms with E-state index in [0.29, 0.717) is 16.8 Å². The highest BCUT2D eigenvalue weighted by Crippen LogP contribution is 2.16. The van der Waals surface area contributed by atoms with Crippen molar-refractivity contribution in [2.75, 3.05) is 0 Å². The van der Waals surface area contributed by atoms with Crippen molar-refractivity contribution >= 4 is 27.5 Å². The SMILES string of the molecule is CC(=NNC(=O)c1cccc(Br)c1)c1ccccc1O. The van der Waals surface area contributed by atoms with Gasteiger partial charge in [-0.15, -0.1) is 0 Å². The Morgan fingerprint density at radius 3 is 2.65 bits per heavy atom. The van der Waals surface area contributed by atoms with Crippen LogP contribution in [0.5, 0.6) is 5.75 Å². The van der Waals surface area contributed by atoms with E-state index in [1.165, 1.54) is 0 Å². The van der Waals surface area contributed by atoms with Gasteiger partial charge in [0.1, 0.15) is 5.75 Å². The van der Waals surface area contributed by atoms with Crippen molar-refractivity contribution in [1.82, 2.24) is 5.43 Å². The summed E-state index contributed by atoms with van der Waals surface area (Å²) in [5, 5.41) is 13.7. The number of carbonyl (C=O) groups excluding carboxylic acids is 1. The number of nitrogens with one attached hydrogen (secondary N) is 1. The molecule has 0 fully saturated rings. The van der Waals surface area contributed by atoms with Crippen molar-refractivity contribution in [3.63, 3.8) is 0 Å². The third kappa shape index (κ3) is 3.45. The maximum atomic E-state index is 11.9. The lowest BCUT2D eigenvalue weighted by atomic mass is 10.1. The number of halogens is 1. The summed E-state index contributed by atoms with van der Waals surface area (Å²) in [6.07, 6.45) is 0. The van der Waals surface area contributed by atoms with Crippen LogP contribution in [0.4, 0.5) is 0 Å². The first-order valence-corrected chi connectivity index (χ1v) is 6.76. The molecule has 0 aliphatic carbocycles. The van der Waals surface area contributed by atoms with Crippen LogP contribution in [-0.4, -0.2) is 16.7 Å². The summed E-state index contributed by atoms with van der Waals surface area (Å²) in [5.74, 6) is -0.175. The van der Waals surface area contributed by atoms with Crippen molar-refractivity contribution < 1.29 is 9.90 Å². The molecule has 0 aliphatic rings. The number of nitrogens with zero attached hydrogens (tertiary/aromatic N) is 1. The van der Waals surface area contributed by atoms with Crippen LogP contribution >= 0.6 is 15.9 Å². The molecule has 0 atom stereocenters. The second-order valence-electron chi connectivity index (χ2n) is 4.17. The molecular formula is C15H13BrN2O2. The van der Waals surface area contributed by atoms with Gasteiger partial charge in [0, 0.05) is 15.6 Å². The normalized spacial score (nSPS) is 11.2. The van der Waals surface area contributed by atoms with Crippen molar-refractivity contribution in [2.45, 2.75) is 6.92 Å². The molecule has 2 rings (SSSR count). The average Bonchev–Trinajstić information content (AvgIpc) is 2.45. The van der Waals surface area contributed by atoms with E-state index in [0.717, 1.165) is 4.47 Å². The first-order chi connectivity index (χ1) is 9.58. The minimum absolute atomic E-state index is 0.130. The van der Waals surface area contributed by atoms with Crippen LogP contribution in [0.15, 0.2) is 58.1 Å². The molecule has 0 heterocycles. The van der Waals surface area contributed by atoms with E-state index >= 15 is 0 Å². The molecule has 102 valence electrons. The Kier molecular flexibility index (Phi) is 4.53. The summed E-state index contributed by atoms with van der Waals surface area (Å²) >= 11 is 3.31. The fraction of sp³-hybridized carbons (Fsp3) is 0.0667. The van der Waals surface area contributed by atoms with E-state index in [1.807, 2.05) is 6.07 Å². The number of para-hydroxylation sites is 1. The summed E-state index contributed by atoms with van der Waals surface area (Å²) in [6.45, 7) is 1.72. The molecule has 0 saturated carbocycles. The molecule has 0 radical (unpaired) electrons. The number of benzene rings is 2. The van der Waals surface area contributed by atoms with E-state index < -0.39 is 0 Å². The van der Waals surface area contributed by atoms with Gasteiger partial charge in [-0.2, -0.15) is 5.10 Å². The Labute approximate surface area is 125 Å². The second-order valence-corrected chi connectivity index (χ2v) is 5.08. The Morgan fingerprint density at radius 2 is 1.95 bits per heavy atom.